The average molecular weight is 342 g/mol. The van der Waals surface area contributed by atoms with Crippen LogP contribution in [0.5, 0.6) is 0 Å². The summed E-state index contributed by atoms with van der Waals surface area (Å²) < 4.78 is 1.18. The van der Waals surface area contributed by atoms with Crippen LogP contribution in [0.25, 0.3) is 5.69 Å². The molecule has 0 saturated carbocycles. The quantitative estimate of drug-likeness (QED) is 0.855. The van der Waals surface area contributed by atoms with Crippen molar-refractivity contribution >= 4 is 11.8 Å². The number of carbonyl (C=O) groups is 2. The maximum atomic E-state index is 12.7. The number of hydrogen-bond donors (Lipinski definition) is 1. The SMILES string of the molecule is CCN(CC(=O)NC(C)C)C(=O)c1ccc(=O)n(-c2ccccc2)n1. The van der Waals surface area contributed by atoms with Gasteiger partial charge in [-0.15, -0.1) is 0 Å². The van der Waals surface area contributed by atoms with Crippen molar-refractivity contribution < 1.29 is 9.59 Å². The Bertz CT molecular complexity index is 799. The van der Waals surface area contributed by atoms with E-state index in [4.69, 9.17) is 0 Å². The van der Waals surface area contributed by atoms with Gasteiger partial charge in [0, 0.05) is 18.7 Å². The van der Waals surface area contributed by atoms with Crippen molar-refractivity contribution in [3.05, 3.63) is 58.5 Å². The predicted octanol–water partition coefficient (Wildman–Crippen LogP) is 1.22. The highest BCUT2D eigenvalue weighted by Crippen LogP contribution is 2.05. The molecule has 2 amide bonds. The van der Waals surface area contributed by atoms with Gasteiger partial charge in [0.25, 0.3) is 11.5 Å². The second-order valence-corrected chi connectivity index (χ2v) is 5.85. The molecule has 7 nitrogen and oxygen atoms in total. The Morgan fingerprint density at radius 1 is 1.16 bits per heavy atom. The molecule has 0 aliphatic rings. The fourth-order valence-corrected chi connectivity index (χ4v) is 2.31. The third-order valence-electron chi connectivity index (χ3n) is 3.47. The summed E-state index contributed by atoms with van der Waals surface area (Å²) in [5.74, 6) is -0.632. The maximum Gasteiger partial charge on any atom is 0.274 e. The van der Waals surface area contributed by atoms with Crippen LogP contribution < -0.4 is 10.9 Å². The zero-order valence-electron chi connectivity index (χ0n) is 14.6. The predicted molar refractivity (Wildman–Crippen MR) is 94.7 cm³/mol. The van der Waals surface area contributed by atoms with E-state index in [1.54, 1.807) is 31.2 Å². The first-order valence-electron chi connectivity index (χ1n) is 8.16. The molecule has 0 spiro atoms. The van der Waals surface area contributed by atoms with E-state index in [1.807, 2.05) is 19.9 Å². The lowest BCUT2D eigenvalue weighted by Gasteiger charge is -2.21. The van der Waals surface area contributed by atoms with Crippen LogP contribution >= 0.6 is 0 Å². The van der Waals surface area contributed by atoms with Crippen LogP contribution in [0.2, 0.25) is 0 Å². The molecule has 0 radical (unpaired) electrons. The van der Waals surface area contributed by atoms with E-state index in [1.165, 1.54) is 21.7 Å². The van der Waals surface area contributed by atoms with Crippen molar-refractivity contribution in [1.29, 1.82) is 0 Å². The summed E-state index contributed by atoms with van der Waals surface area (Å²) in [6, 6.07) is 11.5. The van der Waals surface area contributed by atoms with Gasteiger partial charge in [-0.25, -0.2) is 0 Å². The van der Waals surface area contributed by atoms with Crippen molar-refractivity contribution in [2.75, 3.05) is 13.1 Å². The lowest BCUT2D eigenvalue weighted by molar-refractivity contribution is -0.122. The molecule has 0 unspecified atom stereocenters. The fourth-order valence-electron chi connectivity index (χ4n) is 2.31. The van der Waals surface area contributed by atoms with Gasteiger partial charge in [-0.2, -0.15) is 9.78 Å². The van der Waals surface area contributed by atoms with Gasteiger partial charge in [0.1, 0.15) is 5.69 Å². The van der Waals surface area contributed by atoms with Crippen molar-refractivity contribution in [2.45, 2.75) is 26.8 Å². The first kappa shape index (κ1) is 18.4. The van der Waals surface area contributed by atoms with Gasteiger partial charge in [-0.3, -0.25) is 14.4 Å². The Hall–Kier alpha value is -2.96. The monoisotopic (exact) mass is 342 g/mol. The minimum Gasteiger partial charge on any atom is -0.352 e. The van der Waals surface area contributed by atoms with Crippen LogP contribution in [0.1, 0.15) is 31.3 Å². The number of nitrogens with one attached hydrogen (secondary N) is 1. The number of para-hydroxylation sites is 1. The van der Waals surface area contributed by atoms with Gasteiger partial charge in [0.2, 0.25) is 5.91 Å². The Morgan fingerprint density at radius 3 is 2.44 bits per heavy atom. The third-order valence-corrected chi connectivity index (χ3v) is 3.47. The highest BCUT2D eigenvalue weighted by Gasteiger charge is 2.20. The summed E-state index contributed by atoms with van der Waals surface area (Å²) in [7, 11) is 0. The van der Waals surface area contributed by atoms with Gasteiger partial charge in [-0.05, 0) is 39.0 Å². The number of likely N-dealkylation sites (N-methyl/N-ethyl adjacent to an activating group) is 1. The first-order chi connectivity index (χ1) is 11.9. The van der Waals surface area contributed by atoms with E-state index >= 15 is 0 Å². The molecule has 7 heteroatoms. The van der Waals surface area contributed by atoms with Crippen LogP contribution in [0.3, 0.4) is 0 Å². The molecule has 2 aromatic rings. The lowest BCUT2D eigenvalue weighted by atomic mass is 10.3. The molecule has 0 aliphatic carbocycles. The average Bonchev–Trinajstić information content (AvgIpc) is 2.59. The fraction of sp³-hybridized carbons (Fsp3) is 0.333. The Balaban J connectivity index is 2.26. The van der Waals surface area contributed by atoms with Gasteiger partial charge in [0.05, 0.1) is 12.2 Å². The summed E-state index contributed by atoms with van der Waals surface area (Å²) in [5.41, 5.74) is 0.355. The van der Waals surface area contributed by atoms with E-state index < -0.39 is 5.91 Å². The normalized spacial score (nSPS) is 10.6. The molecule has 0 aliphatic heterocycles. The molecule has 1 aromatic heterocycles. The molecular formula is C18H22N4O3. The van der Waals surface area contributed by atoms with Crippen LogP contribution in [-0.2, 0) is 4.79 Å². The summed E-state index contributed by atoms with van der Waals surface area (Å²) in [4.78, 5) is 38.0. The molecule has 1 heterocycles. The summed E-state index contributed by atoms with van der Waals surface area (Å²) in [6.45, 7) is 5.80. The van der Waals surface area contributed by atoms with Crippen molar-refractivity contribution in [1.82, 2.24) is 20.0 Å². The van der Waals surface area contributed by atoms with Crippen molar-refractivity contribution in [2.24, 2.45) is 0 Å². The van der Waals surface area contributed by atoms with Gasteiger partial charge < -0.3 is 10.2 Å². The van der Waals surface area contributed by atoms with Crippen LogP contribution in [0.15, 0.2) is 47.3 Å². The molecule has 132 valence electrons. The summed E-state index contributed by atoms with van der Waals surface area (Å²) in [6.07, 6.45) is 0. The standard InChI is InChI=1S/C18H22N4O3/c1-4-21(12-16(23)19-13(2)3)18(25)15-10-11-17(24)22(20-15)14-8-6-5-7-9-14/h5-11,13H,4,12H2,1-3H3,(H,19,23). The largest absolute Gasteiger partial charge is 0.352 e. The highest BCUT2D eigenvalue weighted by molar-refractivity contribution is 5.94. The Labute approximate surface area is 146 Å². The number of amides is 2. The van der Waals surface area contributed by atoms with Gasteiger partial charge in [-0.1, -0.05) is 18.2 Å². The van der Waals surface area contributed by atoms with E-state index in [-0.39, 0.29) is 29.7 Å². The van der Waals surface area contributed by atoms with Crippen LogP contribution in [0.4, 0.5) is 0 Å². The molecule has 1 aromatic carbocycles. The second-order valence-electron chi connectivity index (χ2n) is 5.85. The molecule has 0 atom stereocenters. The third kappa shape index (κ3) is 4.76. The number of hydrogen-bond acceptors (Lipinski definition) is 4. The minimum absolute atomic E-state index is 0.000538. The summed E-state index contributed by atoms with van der Waals surface area (Å²) >= 11 is 0. The number of aromatic nitrogens is 2. The lowest BCUT2D eigenvalue weighted by Crippen LogP contribution is -2.43. The topological polar surface area (TPSA) is 84.3 Å². The van der Waals surface area contributed by atoms with E-state index in [2.05, 4.69) is 10.4 Å². The number of carbonyl (C=O) groups excluding carboxylic acids is 2. The van der Waals surface area contributed by atoms with Gasteiger partial charge in [0.15, 0.2) is 0 Å². The van der Waals surface area contributed by atoms with Crippen LogP contribution in [0, 0.1) is 0 Å². The number of nitrogens with zero attached hydrogens (tertiary/aromatic N) is 3. The van der Waals surface area contributed by atoms with E-state index in [0.29, 0.717) is 12.2 Å². The Kier molecular flexibility index (Phi) is 6.05. The number of rotatable bonds is 6. The highest BCUT2D eigenvalue weighted by atomic mass is 16.2. The molecule has 0 saturated heterocycles. The molecule has 1 N–H and O–H groups in total. The molecule has 0 fully saturated rings. The van der Waals surface area contributed by atoms with Crippen molar-refractivity contribution in [3.8, 4) is 5.69 Å². The van der Waals surface area contributed by atoms with E-state index in [9.17, 15) is 14.4 Å². The molecular weight excluding hydrogens is 320 g/mol. The molecule has 25 heavy (non-hydrogen) atoms. The smallest absolute Gasteiger partial charge is 0.274 e. The molecule has 2 rings (SSSR count). The van der Waals surface area contributed by atoms with Gasteiger partial charge >= 0.3 is 0 Å². The Morgan fingerprint density at radius 2 is 1.84 bits per heavy atom. The zero-order chi connectivity index (χ0) is 18.4. The maximum absolute atomic E-state index is 12.7. The first-order valence-corrected chi connectivity index (χ1v) is 8.16. The number of benzene rings is 1. The van der Waals surface area contributed by atoms with E-state index in [0.717, 1.165) is 0 Å². The minimum atomic E-state index is -0.397. The molecule has 0 bridgehead atoms. The van der Waals surface area contributed by atoms with Crippen molar-refractivity contribution in [3.63, 3.8) is 0 Å². The summed E-state index contributed by atoms with van der Waals surface area (Å²) in [5, 5.41) is 6.91. The van der Waals surface area contributed by atoms with Crippen LogP contribution in [-0.4, -0.2) is 45.6 Å². The second kappa shape index (κ2) is 8.23. The zero-order valence-corrected chi connectivity index (χ0v) is 14.6.